The number of unbranched alkanes of at least 4 members (excludes halogenated alkanes) is 28. The molecule has 0 aromatic heterocycles. The van der Waals surface area contributed by atoms with Crippen LogP contribution in [0.5, 0.6) is 0 Å². The number of hydrogen-bond donors (Lipinski definition) is 6. The maximum Gasteiger partial charge on any atom is 0.305 e. The zero-order valence-electron chi connectivity index (χ0n) is 45.2. The lowest BCUT2D eigenvalue weighted by Gasteiger charge is -2.40. The third-order valence-corrected chi connectivity index (χ3v) is 13.4. The monoisotopic (exact) mass is 1000 g/mol. The number of carbonyl (C=O) groups is 2. The molecule has 1 amide bonds. The Hall–Kier alpha value is -2.64. The lowest BCUT2D eigenvalue weighted by Crippen LogP contribution is -2.60. The number of carbonyl (C=O) groups excluding carboxylic acids is 2. The molecular weight excluding hydrogens is 895 g/mol. The fraction of sp³-hybridized carbons (Fsp3) is 0.800. The van der Waals surface area contributed by atoms with E-state index in [1.165, 1.54) is 135 Å². The van der Waals surface area contributed by atoms with Crippen LogP contribution in [0.15, 0.2) is 60.8 Å². The minimum absolute atomic E-state index is 0.0183. The number of nitrogens with one attached hydrogen (secondary N) is 1. The van der Waals surface area contributed by atoms with E-state index in [1.807, 2.05) is 19.1 Å². The molecule has 1 aliphatic rings. The van der Waals surface area contributed by atoms with E-state index in [9.17, 15) is 35.1 Å². The number of hydrogen-bond acceptors (Lipinski definition) is 10. The van der Waals surface area contributed by atoms with Crippen LogP contribution in [0.3, 0.4) is 0 Å². The van der Waals surface area contributed by atoms with Crippen LogP contribution < -0.4 is 5.32 Å². The molecule has 11 heteroatoms. The highest BCUT2D eigenvalue weighted by molar-refractivity contribution is 5.76. The summed E-state index contributed by atoms with van der Waals surface area (Å²) in [5.41, 5.74) is 0. The van der Waals surface area contributed by atoms with Crippen LogP contribution in [-0.4, -0.2) is 100 Å². The van der Waals surface area contributed by atoms with Crippen molar-refractivity contribution in [3.63, 3.8) is 0 Å². The molecule has 0 bridgehead atoms. The Bertz CT molecular complexity index is 1360. The number of rotatable bonds is 49. The Morgan fingerprint density at radius 2 is 0.972 bits per heavy atom. The van der Waals surface area contributed by atoms with Gasteiger partial charge in [-0.3, -0.25) is 9.59 Å². The molecule has 0 radical (unpaired) electrons. The summed E-state index contributed by atoms with van der Waals surface area (Å²) in [4.78, 5) is 25.0. The number of ether oxygens (including phenoxy) is 3. The molecule has 1 aliphatic heterocycles. The zero-order chi connectivity index (χ0) is 51.7. The van der Waals surface area contributed by atoms with Crippen LogP contribution in [0.25, 0.3) is 0 Å². The molecule has 0 saturated carbocycles. The zero-order valence-corrected chi connectivity index (χ0v) is 45.2. The Kier molecular flexibility index (Phi) is 46.3. The standard InChI is InChI=1S/C60H107NO10/c1-3-5-7-9-11-13-14-15-25-28-32-36-40-44-48-56(65)69-49-45-41-37-33-29-26-23-21-19-17-16-18-20-22-24-27-31-35-39-43-47-55(64)61-52(53(63)46-42-38-34-30-12-10-8-6-4-2)51-70-60-59(68)58(67)57(66)54(50-62)71-60/h4,6,12,14-16,18,30,42,46,52-54,57-60,62-63,66-68H,3,5,7-11,13,17,19-29,31-41,43-45,47-51H2,1-2H3,(H,61,64)/b6-4+,15-14-,18-16-,30-12+,46-42+. The van der Waals surface area contributed by atoms with Crippen molar-refractivity contribution in [2.24, 2.45) is 0 Å². The van der Waals surface area contributed by atoms with Crippen molar-refractivity contribution in [1.82, 2.24) is 5.32 Å². The number of aliphatic hydroxyl groups excluding tert-OH is 5. The second-order valence-electron chi connectivity index (χ2n) is 20.0. The summed E-state index contributed by atoms with van der Waals surface area (Å²) in [6, 6.07) is -0.841. The Morgan fingerprint density at radius 3 is 1.48 bits per heavy atom. The molecule has 1 heterocycles. The Balaban J connectivity index is 2.04. The van der Waals surface area contributed by atoms with Gasteiger partial charge < -0.3 is 45.1 Å². The van der Waals surface area contributed by atoms with Crippen LogP contribution in [-0.2, 0) is 23.8 Å². The highest BCUT2D eigenvalue weighted by Crippen LogP contribution is 2.23. The molecule has 0 aromatic carbocycles. The average molecular weight is 1000 g/mol. The molecule has 11 nitrogen and oxygen atoms in total. The summed E-state index contributed by atoms with van der Waals surface area (Å²) in [6.45, 7) is 4.05. The van der Waals surface area contributed by atoms with Crippen molar-refractivity contribution in [2.75, 3.05) is 19.8 Å². The lowest BCUT2D eigenvalue weighted by molar-refractivity contribution is -0.302. The molecule has 0 aromatic rings. The summed E-state index contributed by atoms with van der Waals surface area (Å²) in [5, 5.41) is 54.1. The summed E-state index contributed by atoms with van der Waals surface area (Å²) in [5.74, 6) is -0.228. The first-order valence-corrected chi connectivity index (χ1v) is 29.0. The Morgan fingerprint density at radius 1 is 0.535 bits per heavy atom. The van der Waals surface area contributed by atoms with Crippen LogP contribution in [0.4, 0.5) is 0 Å². The van der Waals surface area contributed by atoms with Gasteiger partial charge in [0.15, 0.2) is 6.29 Å². The second kappa shape index (κ2) is 49.6. The molecule has 0 spiro atoms. The van der Waals surface area contributed by atoms with Crippen LogP contribution in [0, 0.1) is 0 Å². The van der Waals surface area contributed by atoms with Gasteiger partial charge in [0.05, 0.1) is 32.0 Å². The summed E-state index contributed by atoms with van der Waals surface area (Å²) in [7, 11) is 0. The summed E-state index contributed by atoms with van der Waals surface area (Å²) in [6.07, 6.45) is 53.4. The predicted octanol–water partition coefficient (Wildman–Crippen LogP) is 13.1. The van der Waals surface area contributed by atoms with Gasteiger partial charge in [0, 0.05) is 12.8 Å². The van der Waals surface area contributed by atoms with Crippen molar-refractivity contribution >= 4 is 11.9 Å². The van der Waals surface area contributed by atoms with Crippen molar-refractivity contribution in [3.05, 3.63) is 60.8 Å². The third-order valence-electron chi connectivity index (χ3n) is 13.4. The fourth-order valence-electron chi connectivity index (χ4n) is 8.76. The topological polar surface area (TPSA) is 175 Å². The van der Waals surface area contributed by atoms with E-state index in [2.05, 4.69) is 54.8 Å². The van der Waals surface area contributed by atoms with E-state index in [0.717, 1.165) is 77.0 Å². The van der Waals surface area contributed by atoms with Gasteiger partial charge in [-0.15, -0.1) is 0 Å². The number of amides is 1. The van der Waals surface area contributed by atoms with E-state index in [4.69, 9.17) is 14.2 Å². The van der Waals surface area contributed by atoms with Crippen molar-refractivity contribution in [1.29, 1.82) is 0 Å². The lowest BCUT2D eigenvalue weighted by atomic mass is 9.99. The minimum atomic E-state index is -1.58. The molecule has 71 heavy (non-hydrogen) atoms. The number of esters is 1. The van der Waals surface area contributed by atoms with E-state index in [-0.39, 0.29) is 18.5 Å². The van der Waals surface area contributed by atoms with Crippen molar-refractivity contribution in [3.8, 4) is 0 Å². The fourth-order valence-corrected chi connectivity index (χ4v) is 8.76. The van der Waals surface area contributed by atoms with Crippen molar-refractivity contribution in [2.45, 2.75) is 288 Å². The summed E-state index contributed by atoms with van der Waals surface area (Å²) >= 11 is 0. The molecule has 6 N–H and O–H groups in total. The highest BCUT2D eigenvalue weighted by Gasteiger charge is 2.44. The molecule has 0 aliphatic carbocycles. The molecule has 7 unspecified atom stereocenters. The number of allylic oxidation sites excluding steroid dienone is 9. The normalized spacial score (nSPS) is 19.6. The van der Waals surface area contributed by atoms with E-state index in [1.54, 1.807) is 6.08 Å². The van der Waals surface area contributed by atoms with Gasteiger partial charge in [-0.2, -0.15) is 0 Å². The second-order valence-corrected chi connectivity index (χ2v) is 20.0. The molecule has 1 fully saturated rings. The summed E-state index contributed by atoms with van der Waals surface area (Å²) < 4.78 is 16.6. The molecule has 412 valence electrons. The first-order chi connectivity index (χ1) is 34.7. The average Bonchev–Trinajstić information content (AvgIpc) is 3.37. The van der Waals surface area contributed by atoms with Crippen LogP contribution in [0.2, 0.25) is 0 Å². The SMILES string of the molecule is C/C=C/CC/C=C/CC/C=C/C(O)C(COC1OC(CO)C(O)C(O)C1O)NC(=O)CCCCCCCCC/C=C\CCCCCCCCCCCOC(=O)CCCCCCC/C=C\CCCCCCC. The van der Waals surface area contributed by atoms with Gasteiger partial charge >= 0.3 is 5.97 Å². The smallest absolute Gasteiger partial charge is 0.305 e. The largest absolute Gasteiger partial charge is 0.466 e. The maximum atomic E-state index is 13.0. The van der Waals surface area contributed by atoms with Crippen LogP contribution >= 0.6 is 0 Å². The quantitative estimate of drug-likeness (QED) is 0.0195. The molecule has 1 rings (SSSR count). The van der Waals surface area contributed by atoms with Crippen LogP contribution in [0.1, 0.15) is 245 Å². The molecular formula is C60H107NO10. The highest BCUT2D eigenvalue weighted by atomic mass is 16.7. The number of aliphatic hydroxyl groups is 5. The van der Waals surface area contributed by atoms with E-state index < -0.39 is 49.5 Å². The first kappa shape index (κ1) is 66.4. The van der Waals surface area contributed by atoms with Gasteiger partial charge in [-0.05, 0) is 103 Å². The molecule has 7 atom stereocenters. The maximum absolute atomic E-state index is 13.0. The van der Waals surface area contributed by atoms with Gasteiger partial charge in [0.25, 0.3) is 0 Å². The van der Waals surface area contributed by atoms with Gasteiger partial charge in [-0.25, -0.2) is 0 Å². The predicted molar refractivity (Wildman–Crippen MR) is 292 cm³/mol. The first-order valence-electron chi connectivity index (χ1n) is 29.0. The van der Waals surface area contributed by atoms with E-state index in [0.29, 0.717) is 25.9 Å². The van der Waals surface area contributed by atoms with Gasteiger partial charge in [0.1, 0.15) is 24.4 Å². The van der Waals surface area contributed by atoms with Gasteiger partial charge in [0.2, 0.25) is 5.91 Å². The third kappa shape index (κ3) is 39.5. The minimum Gasteiger partial charge on any atom is -0.466 e. The molecule has 1 saturated heterocycles. The Labute approximate surface area is 433 Å². The van der Waals surface area contributed by atoms with E-state index >= 15 is 0 Å². The van der Waals surface area contributed by atoms with Gasteiger partial charge in [-0.1, -0.05) is 190 Å². The van der Waals surface area contributed by atoms with Crippen molar-refractivity contribution < 1.29 is 49.3 Å².